The zero-order chi connectivity index (χ0) is 12.8. The number of nitrogens with two attached hydrogens (primary N) is 1. The summed E-state index contributed by atoms with van der Waals surface area (Å²) in [7, 11) is -1.30. The molecule has 0 heterocycles. The molecule has 0 saturated heterocycles. The lowest BCUT2D eigenvalue weighted by Crippen LogP contribution is -2.43. The van der Waals surface area contributed by atoms with Crippen molar-refractivity contribution in [2.24, 2.45) is 11.7 Å². The summed E-state index contributed by atoms with van der Waals surface area (Å²) in [5.74, 6) is 7.85. The van der Waals surface area contributed by atoms with Crippen LogP contribution >= 0.6 is 11.6 Å². The molecule has 0 radical (unpaired) electrons. The molecular weight excluding hydrogens is 234 g/mol. The zero-order valence-electron chi connectivity index (χ0n) is 11.3. The molecule has 0 bridgehead atoms. The maximum Gasteiger partial charge on any atom is 0.0632 e. The van der Waals surface area contributed by atoms with E-state index < -0.39 is 8.07 Å². The van der Waals surface area contributed by atoms with Crippen molar-refractivity contribution in [3.05, 3.63) is 0 Å². The van der Waals surface area contributed by atoms with Gasteiger partial charge in [0.05, 0.1) is 8.07 Å². The highest BCUT2D eigenvalue weighted by Gasteiger charge is 2.31. The third-order valence-corrected chi connectivity index (χ3v) is 5.44. The van der Waals surface area contributed by atoms with E-state index in [-0.39, 0.29) is 6.04 Å². The van der Waals surface area contributed by atoms with Gasteiger partial charge in [-0.15, -0.1) is 23.4 Å². The fourth-order valence-electron chi connectivity index (χ4n) is 1.61. The maximum atomic E-state index is 6.27. The van der Waals surface area contributed by atoms with Crippen molar-refractivity contribution in [1.82, 2.24) is 0 Å². The van der Waals surface area contributed by atoms with Crippen LogP contribution in [0.4, 0.5) is 0 Å². The molecule has 2 N–H and O–H groups in total. The van der Waals surface area contributed by atoms with E-state index in [2.05, 4.69) is 45.3 Å². The second-order valence-electron chi connectivity index (χ2n) is 5.78. The number of halogens is 1. The summed E-state index contributed by atoms with van der Waals surface area (Å²) < 4.78 is 0. The summed E-state index contributed by atoms with van der Waals surface area (Å²) in [5, 5.41) is 0. The monoisotopic (exact) mass is 259 g/mol. The standard InChI is InChI=1S/C13H26ClNSi/c1-11(2)13(15)12(16(3,4)5)9-7-6-8-10-14/h11-13H,6,8,10,15H2,1-5H3/t12-,13-/m0/s1. The van der Waals surface area contributed by atoms with Crippen LogP contribution in [-0.2, 0) is 0 Å². The molecular formula is C13H26ClNSi. The predicted octanol–water partition coefficient (Wildman–Crippen LogP) is 3.70. The Bertz CT molecular complexity index is 247. The predicted molar refractivity (Wildman–Crippen MR) is 77.6 cm³/mol. The zero-order valence-corrected chi connectivity index (χ0v) is 13.1. The van der Waals surface area contributed by atoms with Gasteiger partial charge in [0.25, 0.3) is 0 Å². The van der Waals surface area contributed by atoms with Gasteiger partial charge < -0.3 is 5.73 Å². The summed E-state index contributed by atoms with van der Waals surface area (Å²) in [6.45, 7) is 11.4. The molecule has 0 aromatic rings. The van der Waals surface area contributed by atoms with E-state index in [4.69, 9.17) is 17.3 Å². The van der Waals surface area contributed by atoms with Gasteiger partial charge in [-0.1, -0.05) is 33.5 Å². The Balaban J connectivity index is 4.61. The molecule has 0 fully saturated rings. The van der Waals surface area contributed by atoms with Crippen LogP contribution in [0.1, 0.15) is 26.7 Å². The van der Waals surface area contributed by atoms with E-state index in [0.29, 0.717) is 17.3 Å². The van der Waals surface area contributed by atoms with E-state index in [1.54, 1.807) is 0 Å². The Hall–Kier alpha value is 0.0269. The Morgan fingerprint density at radius 1 is 1.25 bits per heavy atom. The first kappa shape index (κ1) is 16.0. The van der Waals surface area contributed by atoms with Gasteiger partial charge in [-0.3, -0.25) is 0 Å². The van der Waals surface area contributed by atoms with E-state index in [1.807, 2.05) is 0 Å². The molecule has 0 amide bonds. The molecule has 0 aromatic carbocycles. The smallest absolute Gasteiger partial charge is 0.0632 e. The first-order valence-corrected chi connectivity index (χ1v) is 10.2. The molecule has 94 valence electrons. The lowest BCUT2D eigenvalue weighted by molar-refractivity contribution is 0.495. The fourth-order valence-corrected chi connectivity index (χ4v) is 3.82. The quantitative estimate of drug-likeness (QED) is 0.347. The van der Waals surface area contributed by atoms with Gasteiger partial charge in [-0.2, -0.15) is 0 Å². The topological polar surface area (TPSA) is 26.0 Å². The Kier molecular flexibility index (Phi) is 7.38. The molecule has 2 atom stereocenters. The van der Waals surface area contributed by atoms with Gasteiger partial charge >= 0.3 is 0 Å². The van der Waals surface area contributed by atoms with Crippen molar-refractivity contribution in [2.75, 3.05) is 5.88 Å². The van der Waals surface area contributed by atoms with Crippen molar-refractivity contribution in [2.45, 2.75) is 57.9 Å². The van der Waals surface area contributed by atoms with Crippen LogP contribution in [-0.4, -0.2) is 20.0 Å². The van der Waals surface area contributed by atoms with Crippen molar-refractivity contribution in [3.63, 3.8) is 0 Å². The third-order valence-electron chi connectivity index (χ3n) is 2.78. The fraction of sp³-hybridized carbons (Fsp3) is 0.846. The summed E-state index contributed by atoms with van der Waals surface area (Å²) in [6, 6.07) is 0.204. The summed E-state index contributed by atoms with van der Waals surface area (Å²) in [6.07, 6.45) is 1.87. The highest BCUT2D eigenvalue weighted by molar-refractivity contribution is 6.78. The van der Waals surface area contributed by atoms with Crippen molar-refractivity contribution < 1.29 is 0 Å². The molecule has 0 unspecified atom stereocenters. The number of rotatable bonds is 5. The van der Waals surface area contributed by atoms with Gasteiger partial charge in [0, 0.05) is 23.9 Å². The molecule has 0 rings (SSSR count). The Labute approximate surface area is 107 Å². The number of hydrogen-bond donors (Lipinski definition) is 1. The number of unbranched alkanes of at least 4 members (excludes halogenated alkanes) is 1. The minimum absolute atomic E-state index is 0.204. The minimum Gasteiger partial charge on any atom is -0.327 e. The SMILES string of the molecule is CC(C)[C@H](N)[C@H](C#CCCCCl)[Si](C)(C)C. The molecule has 3 heteroatoms. The first-order valence-electron chi connectivity index (χ1n) is 6.10. The van der Waals surface area contributed by atoms with Crippen LogP contribution in [0.25, 0.3) is 0 Å². The van der Waals surface area contributed by atoms with Crippen molar-refractivity contribution >= 4 is 19.7 Å². The van der Waals surface area contributed by atoms with Gasteiger partial charge in [0.15, 0.2) is 0 Å². The lowest BCUT2D eigenvalue weighted by atomic mass is 10.0. The van der Waals surface area contributed by atoms with Crippen LogP contribution in [0.15, 0.2) is 0 Å². The lowest BCUT2D eigenvalue weighted by Gasteiger charge is -2.32. The Morgan fingerprint density at radius 2 is 1.81 bits per heavy atom. The Morgan fingerprint density at radius 3 is 2.19 bits per heavy atom. The van der Waals surface area contributed by atoms with E-state index in [9.17, 15) is 0 Å². The molecule has 0 aliphatic rings. The van der Waals surface area contributed by atoms with Gasteiger partial charge in [0.2, 0.25) is 0 Å². The van der Waals surface area contributed by atoms with Crippen LogP contribution in [0.2, 0.25) is 25.2 Å². The second kappa shape index (κ2) is 7.37. The summed E-state index contributed by atoms with van der Waals surface area (Å²) >= 11 is 5.64. The van der Waals surface area contributed by atoms with Gasteiger partial charge in [0.1, 0.15) is 0 Å². The average molecular weight is 260 g/mol. The summed E-state index contributed by atoms with van der Waals surface area (Å²) in [4.78, 5) is 0. The van der Waals surface area contributed by atoms with Crippen LogP contribution in [0, 0.1) is 17.8 Å². The number of hydrogen-bond acceptors (Lipinski definition) is 1. The molecule has 0 aliphatic heterocycles. The van der Waals surface area contributed by atoms with Crippen LogP contribution in [0.3, 0.4) is 0 Å². The maximum absolute atomic E-state index is 6.27. The molecule has 0 aromatic heterocycles. The molecule has 0 aliphatic carbocycles. The van der Waals surface area contributed by atoms with Crippen molar-refractivity contribution in [1.29, 1.82) is 0 Å². The van der Waals surface area contributed by atoms with Crippen molar-refractivity contribution in [3.8, 4) is 11.8 Å². The molecule has 1 nitrogen and oxygen atoms in total. The normalized spacial score (nSPS) is 15.5. The highest BCUT2D eigenvalue weighted by atomic mass is 35.5. The van der Waals surface area contributed by atoms with E-state index >= 15 is 0 Å². The van der Waals surface area contributed by atoms with Crippen LogP contribution in [0.5, 0.6) is 0 Å². The van der Waals surface area contributed by atoms with E-state index in [0.717, 1.165) is 12.8 Å². The van der Waals surface area contributed by atoms with E-state index in [1.165, 1.54) is 0 Å². The first-order chi connectivity index (χ1) is 7.30. The highest BCUT2D eigenvalue weighted by Crippen LogP contribution is 2.27. The third kappa shape index (κ3) is 5.93. The number of alkyl halides is 1. The molecule has 0 spiro atoms. The second-order valence-corrected chi connectivity index (χ2v) is 11.5. The van der Waals surface area contributed by atoms with Gasteiger partial charge in [-0.05, 0) is 12.3 Å². The van der Waals surface area contributed by atoms with Crippen LogP contribution < -0.4 is 5.73 Å². The van der Waals surface area contributed by atoms with Gasteiger partial charge in [-0.25, -0.2) is 0 Å². The largest absolute Gasteiger partial charge is 0.327 e. The minimum atomic E-state index is -1.30. The molecule has 16 heavy (non-hydrogen) atoms. The summed E-state index contributed by atoms with van der Waals surface area (Å²) in [5.41, 5.74) is 6.66. The molecule has 0 saturated carbocycles. The average Bonchev–Trinajstić information content (AvgIpc) is 2.14.